The summed E-state index contributed by atoms with van der Waals surface area (Å²) in [5.41, 5.74) is -0.479. The molecule has 1 aromatic rings. The second-order valence-corrected chi connectivity index (χ2v) is 7.68. The topological polar surface area (TPSA) is 54.5 Å². The van der Waals surface area contributed by atoms with E-state index in [4.69, 9.17) is 16.3 Å². The fourth-order valence-corrected chi connectivity index (χ4v) is 3.14. The lowest BCUT2D eigenvalue weighted by molar-refractivity contribution is 0.0509. The summed E-state index contributed by atoms with van der Waals surface area (Å²) in [6.07, 6.45) is 0.493. The van der Waals surface area contributed by atoms with Gasteiger partial charge < -0.3 is 15.0 Å². The number of carbonyl (C=O) groups is 1. The summed E-state index contributed by atoms with van der Waals surface area (Å²) in [5, 5.41) is 3.39. The summed E-state index contributed by atoms with van der Waals surface area (Å²) < 4.78 is 6.32. The Hall–Kier alpha value is -0.760. The van der Waals surface area contributed by atoms with Crippen LogP contribution in [0.4, 0.5) is 10.6 Å². The molecular weight excluding hydrogens is 405 g/mol. The van der Waals surface area contributed by atoms with E-state index in [2.05, 4.69) is 37.8 Å². The highest BCUT2D eigenvalue weighted by Crippen LogP contribution is 2.23. The maximum atomic E-state index is 11.8. The molecule has 1 fully saturated rings. The average Bonchev–Trinajstić information content (AvgIpc) is 2.73. The minimum Gasteiger partial charge on any atom is -0.444 e. The van der Waals surface area contributed by atoms with Gasteiger partial charge in [0.1, 0.15) is 16.6 Å². The van der Waals surface area contributed by atoms with E-state index in [1.165, 1.54) is 0 Å². The Labute approximate surface area is 143 Å². The number of amides is 1. The number of halogens is 2. The maximum Gasteiger partial charge on any atom is 0.407 e. The Balaban J connectivity index is 1.93. The van der Waals surface area contributed by atoms with Gasteiger partial charge in [-0.2, -0.15) is 0 Å². The quantitative estimate of drug-likeness (QED) is 0.585. The first-order valence-corrected chi connectivity index (χ1v) is 8.26. The van der Waals surface area contributed by atoms with Crippen molar-refractivity contribution in [2.45, 2.75) is 38.8 Å². The molecule has 0 aliphatic carbocycles. The zero-order chi connectivity index (χ0) is 15.6. The summed E-state index contributed by atoms with van der Waals surface area (Å²) in [6.45, 7) is 7.11. The standard InChI is InChI=1S/C14H19ClIN3O2/c1-14(2,3)21-13(20)17-10-4-5-19(8-10)12-7-9(16)6-11(15)18-12/h6-7,10H,4-5,8H2,1-3H3,(H,17,20). The minimum atomic E-state index is -0.479. The summed E-state index contributed by atoms with van der Waals surface area (Å²) >= 11 is 8.21. The van der Waals surface area contributed by atoms with Gasteiger partial charge in [-0.15, -0.1) is 0 Å². The number of aromatic nitrogens is 1. The summed E-state index contributed by atoms with van der Waals surface area (Å²) in [6, 6.07) is 3.87. The molecule has 0 radical (unpaired) electrons. The van der Waals surface area contributed by atoms with Crippen molar-refractivity contribution in [3.8, 4) is 0 Å². The van der Waals surface area contributed by atoms with Gasteiger partial charge in [-0.3, -0.25) is 0 Å². The second-order valence-electron chi connectivity index (χ2n) is 6.04. The van der Waals surface area contributed by atoms with Crippen molar-refractivity contribution in [3.63, 3.8) is 0 Å². The van der Waals surface area contributed by atoms with Crippen LogP contribution in [0.15, 0.2) is 12.1 Å². The van der Waals surface area contributed by atoms with Gasteiger partial charge in [-0.25, -0.2) is 9.78 Å². The third-order valence-corrected chi connectivity index (χ3v) is 3.79. The van der Waals surface area contributed by atoms with Crippen molar-refractivity contribution < 1.29 is 9.53 Å². The summed E-state index contributed by atoms with van der Waals surface area (Å²) in [7, 11) is 0. The van der Waals surface area contributed by atoms with E-state index in [9.17, 15) is 4.79 Å². The van der Waals surface area contributed by atoms with Gasteiger partial charge in [-0.05, 0) is 61.9 Å². The Kier molecular flexibility index (Phi) is 5.19. The number of rotatable bonds is 2. The first kappa shape index (κ1) is 16.6. The monoisotopic (exact) mass is 423 g/mol. The van der Waals surface area contributed by atoms with Gasteiger partial charge in [0.2, 0.25) is 0 Å². The molecule has 1 saturated heterocycles. The molecular formula is C14H19ClIN3O2. The molecule has 1 aliphatic heterocycles. The van der Waals surface area contributed by atoms with E-state index in [0.717, 1.165) is 22.4 Å². The highest BCUT2D eigenvalue weighted by molar-refractivity contribution is 14.1. The van der Waals surface area contributed by atoms with Gasteiger partial charge in [0.15, 0.2) is 0 Å². The molecule has 0 spiro atoms. The highest BCUT2D eigenvalue weighted by atomic mass is 127. The van der Waals surface area contributed by atoms with Crippen LogP contribution >= 0.6 is 34.2 Å². The predicted octanol–water partition coefficient (Wildman–Crippen LogP) is 3.44. The Morgan fingerprint density at radius 3 is 2.86 bits per heavy atom. The Bertz CT molecular complexity index is 513. The van der Waals surface area contributed by atoms with E-state index in [1.54, 1.807) is 0 Å². The average molecular weight is 424 g/mol. The molecule has 1 atom stereocenters. The zero-order valence-corrected chi connectivity index (χ0v) is 15.2. The normalized spacial score (nSPS) is 18.7. The fourth-order valence-electron chi connectivity index (χ4n) is 2.18. The van der Waals surface area contributed by atoms with Gasteiger partial charge in [-0.1, -0.05) is 11.6 Å². The van der Waals surface area contributed by atoms with Crippen LogP contribution in [-0.2, 0) is 4.74 Å². The van der Waals surface area contributed by atoms with E-state index in [-0.39, 0.29) is 12.1 Å². The van der Waals surface area contributed by atoms with Crippen molar-refractivity contribution >= 4 is 46.1 Å². The smallest absolute Gasteiger partial charge is 0.407 e. The molecule has 0 bridgehead atoms. The van der Waals surface area contributed by atoms with Crippen molar-refractivity contribution in [1.29, 1.82) is 0 Å². The largest absolute Gasteiger partial charge is 0.444 e. The summed E-state index contributed by atoms with van der Waals surface area (Å²) in [5.74, 6) is 0.848. The van der Waals surface area contributed by atoms with Crippen LogP contribution in [0, 0.1) is 3.57 Å². The van der Waals surface area contributed by atoms with E-state index >= 15 is 0 Å². The number of anilines is 1. The molecule has 1 aliphatic rings. The lowest BCUT2D eigenvalue weighted by Crippen LogP contribution is -2.40. The third kappa shape index (κ3) is 5.18. The number of hydrogen-bond acceptors (Lipinski definition) is 4. The van der Waals surface area contributed by atoms with Crippen LogP contribution in [0.5, 0.6) is 0 Å². The van der Waals surface area contributed by atoms with Crippen LogP contribution in [-0.4, -0.2) is 35.8 Å². The molecule has 2 heterocycles. The molecule has 5 nitrogen and oxygen atoms in total. The number of nitrogens with zero attached hydrogens (tertiary/aromatic N) is 2. The molecule has 7 heteroatoms. The zero-order valence-electron chi connectivity index (χ0n) is 12.3. The van der Waals surface area contributed by atoms with E-state index in [0.29, 0.717) is 11.7 Å². The Morgan fingerprint density at radius 1 is 1.52 bits per heavy atom. The maximum absolute atomic E-state index is 11.8. The van der Waals surface area contributed by atoms with Crippen LogP contribution in [0.1, 0.15) is 27.2 Å². The molecule has 1 N–H and O–H groups in total. The minimum absolute atomic E-state index is 0.0679. The number of carbonyl (C=O) groups excluding carboxylic acids is 1. The highest BCUT2D eigenvalue weighted by Gasteiger charge is 2.27. The number of nitrogens with one attached hydrogen (secondary N) is 1. The fraction of sp³-hybridized carbons (Fsp3) is 0.571. The van der Waals surface area contributed by atoms with Gasteiger partial charge in [0.05, 0.1) is 6.04 Å². The predicted molar refractivity (Wildman–Crippen MR) is 92.0 cm³/mol. The molecule has 0 aromatic carbocycles. The molecule has 0 saturated carbocycles. The van der Waals surface area contributed by atoms with Crippen LogP contribution in [0.3, 0.4) is 0 Å². The molecule has 1 amide bonds. The van der Waals surface area contributed by atoms with Crippen LogP contribution < -0.4 is 10.2 Å². The van der Waals surface area contributed by atoms with Gasteiger partial charge in [0.25, 0.3) is 0 Å². The molecule has 116 valence electrons. The number of alkyl carbamates (subject to hydrolysis) is 1. The Morgan fingerprint density at radius 2 is 2.24 bits per heavy atom. The number of hydrogen-bond donors (Lipinski definition) is 1. The summed E-state index contributed by atoms with van der Waals surface area (Å²) in [4.78, 5) is 18.2. The molecule has 1 aromatic heterocycles. The van der Waals surface area contributed by atoms with Crippen molar-refractivity contribution in [2.75, 3.05) is 18.0 Å². The van der Waals surface area contributed by atoms with E-state index < -0.39 is 5.60 Å². The lowest BCUT2D eigenvalue weighted by atomic mass is 10.2. The van der Waals surface area contributed by atoms with Gasteiger partial charge in [0, 0.05) is 16.7 Å². The van der Waals surface area contributed by atoms with Crippen molar-refractivity contribution in [1.82, 2.24) is 10.3 Å². The number of pyridine rings is 1. The van der Waals surface area contributed by atoms with Crippen LogP contribution in [0.25, 0.3) is 0 Å². The van der Waals surface area contributed by atoms with E-state index in [1.807, 2.05) is 32.9 Å². The third-order valence-electron chi connectivity index (χ3n) is 2.98. The van der Waals surface area contributed by atoms with Crippen molar-refractivity contribution in [3.05, 3.63) is 20.9 Å². The number of ether oxygens (including phenoxy) is 1. The first-order chi connectivity index (χ1) is 9.73. The lowest BCUT2D eigenvalue weighted by Gasteiger charge is -2.22. The first-order valence-electron chi connectivity index (χ1n) is 6.80. The van der Waals surface area contributed by atoms with Crippen LogP contribution in [0.2, 0.25) is 5.15 Å². The SMILES string of the molecule is CC(C)(C)OC(=O)NC1CCN(c2cc(I)cc(Cl)n2)C1. The molecule has 1 unspecified atom stereocenters. The second kappa shape index (κ2) is 6.56. The molecule has 21 heavy (non-hydrogen) atoms. The van der Waals surface area contributed by atoms with Gasteiger partial charge >= 0.3 is 6.09 Å². The molecule has 2 rings (SSSR count). The van der Waals surface area contributed by atoms with Crippen molar-refractivity contribution in [2.24, 2.45) is 0 Å².